The van der Waals surface area contributed by atoms with Crippen LogP contribution >= 0.6 is 0 Å². The van der Waals surface area contributed by atoms with Gasteiger partial charge in [-0.1, -0.05) is 25.1 Å². The third-order valence-electron chi connectivity index (χ3n) is 4.44. The van der Waals surface area contributed by atoms with E-state index in [2.05, 4.69) is 5.32 Å². The monoisotopic (exact) mass is 288 g/mol. The molecule has 1 N–H and O–H groups in total. The zero-order valence-corrected chi connectivity index (χ0v) is 12.4. The lowest BCUT2D eigenvalue weighted by Gasteiger charge is -2.36. The Balaban J connectivity index is 2.01. The number of carbonyl (C=O) groups is 2. The van der Waals surface area contributed by atoms with Crippen LogP contribution < -0.4 is 10.2 Å². The van der Waals surface area contributed by atoms with Crippen LogP contribution in [0.2, 0.25) is 0 Å². The number of methoxy groups -OCH3 is 1. The first-order valence-electron chi connectivity index (χ1n) is 7.39. The number of benzene rings is 1. The third kappa shape index (κ3) is 1.99. The van der Waals surface area contributed by atoms with Gasteiger partial charge < -0.3 is 10.1 Å². The minimum absolute atomic E-state index is 0.159. The van der Waals surface area contributed by atoms with E-state index in [0.717, 1.165) is 24.1 Å². The van der Waals surface area contributed by atoms with Crippen molar-refractivity contribution >= 4 is 17.7 Å². The topological polar surface area (TPSA) is 58.6 Å². The molecule has 2 atom stereocenters. The summed E-state index contributed by atoms with van der Waals surface area (Å²) < 4.78 is 4.97. The molecule has 0 aromatic heterocycles. The summed E-state index contributed by atoms with van der Waals surface area (Å²) in [6.45, 7) is 2.60. The highest BCUT2D eigenvalue weighted by Crippen LogP contribution is 2.57. The van der Waals surface area contributed by atoms with Gasteiger partial charge in [0.25, 0.3) is 0 Å². The summed E-state index contributed by atoms with van der Waals surface area (Å²) in [4.78, 5) is 26.5. The number of hydrogen-bond acceptors (Lipinski definition) is 3. The van der Waals surface area contributed by atoms with Crippen LogP contribution in [0.4, 0.5) is 10.5 Å². The van der Waals surface area contributed by atoms with Crippen molar-refractivity contribution in [3.05, 3.63) is 29.8 Å². The van der Waals surface area contributed by atoms with Gasteiger partial charge in [-0.25, -0.2) is 9.59 Å². The number of para-hydroxylation sites is 1. The van der Waals surface area contributed by atoms with Gasteiger partial charge in [0.1, 0.15) is 0 Å². The maximum atomic E-state index is 12.6. The van der Waals surface area contributed by atoms with E-state index in [1.54, 1.807) is 4.90 Å². The van der Waals surface area contributed by atoms with Crippen molar-refractivity contribution in [2.75, 3.05) is 18.6 Å². The average Bonchev–Trinajstić information content (AvgIpc) is 3.23. The second-order valence-corrected chi connectivity index (χ2v) is 5.72. The number of nitrogens with one attached hydrogen (secondary N) is 1. The van der Waals surface area contributed by atoms with Crippen molar-refractivity contribution in [1.29, 1.82) is 0 Å². The maximum absolute atomic E-state index is 12.6. The van der Waals surface area contributed by atoms with Crippen LogP contribution in [0.1, 0.15) is 25.3 Å². The van der Waals surface area contributed by atoms with E-state index < -0.39 is 5.54 Å². The minimum Gasteiger partial charge on any atom is -0.467 e. The van der Waals surface area contributed by atoms with Crippen molar-refractivity contribution in [3.63, 3.8) is 0 Å². The van der Waals surface area contributed by atoms with E-state index in [1.165, 1.54) is 7.11 Å². The maximum Gasteiger partial charge on any atom is 0.332 e. The normalized spacial score (nSPS) is 25.6. The standard InChI is InChI=1S/C16H20N2O3/c1-3-8-17-15(20)18-13-7-5-4-6-11(13)9-12-10-16(12,18)14(19)21-2/h4-7,12H,3,8-10H2,1-2H3,(H,17,20). The first-order chi connectivity index (χ1) is 10.1. The highest BCUT2D eigenvalue weighted by Gasteiger charge is 2.68. The fourth-order valence-corrected chi connectivity index (χ4v) is 3.33. The summed E-state index contributed by atoms with van der Waals surface area (Å²) in [7, 11) is 1.38. The van der Waals surface area contributed by atoms with E-state index in [4.69, 9.17) is 4.74 Å². The Labute approximate surface area is 124 Å². The molecule has 0 saturated heterocycles. The lowest BCUT2D eigenvalue weighted by Crippen LogP contribution is -2.55. The van der Waals surface area contributed by atoms with Gasteiger partial charge in [-0.05, 0) is 30.9 Å². The molecule has 1 aromatic rings. The summed E-state index contributed by atoms with van der Waals surface area (Å²) in [5, 5.41) is 2.88. The average molecular weight is 288 g/mol. The Hall–Kier alpha value is -2.04. The third-order valence-corrected chi connectivity index (χ3v) is 4.44. The molecular weight excluding hydrogens is 268 g/mol. The molecule has 112 valence electrons. The molecule has 2 amide bonds. The second-order valence-electron chi connectivity index (χ2n) is 5.72. The Bertz CT molecular complexity index is 587. The smallest absolute Gasteiger partial charge is 0.332 e. The minimum atomic E-state index is -0.805. The van der Waals surface area contributed by atoms with Crippen LogP contribution in [0.25, 0.3) is 0 Å². The van der Waals surface area contributed by atoms with Crippen molar-refractivity contribution < 1.29 is 14.3 Å². The Morgan fingerprint density at radius 3 is 2.90 bits per heavy atom. The van der Waals surface area contributed by atoms with Gasteiger partial charge in [0.2, 0.25) is 0 Å². The van der Waals surface area contributed by atoms with Crippen molar-refractivity contribution in [3.8, 4) is 0 Å². The van der Waals surface area contributed by atoms with Gasteiger partial charge in [-0.2, -0.15) is 0 Å². The molecule has 1 aromatic carbocycles. The van der Waals surface area contributed by atoms with Crippen LogP contribution in [0.5, 0.6) is 0 Å². The predicted molar refractivity (Wildman–Crippen MR) is 79.2 cm³/mol. The molecular formula is C16H20N2O3. The molecule has 5 heteroatoms. The number of ether oxygens (including phenoxy) is 1. The Morgan fingerprint density at radius 2 is 2.19 bits per heavy atom. The summed E-state index contributed by atoms with van der Waals surface area (Å²) >= 11 is 0. The van der Waals surface area contributed by atoms with Crippen LogP contribution in [-0.4, -0.2) is 31.2 Å². The number of hydrogen-bond donors (Lipinski definition) is 1. The molecule has 21 heavy (non-hydrogen) atoms. The summed E-state index contributed by atoms with van der Waals surface area (Å²) in [6, 6.07) is 7.58. The quantitative estimate of drug-likeness (QED) is 0.867. The van der Waals surface area contributed by atoms with Crippen LogP contribution in [-0.2, 0) is 16.0 Å². The zero-order chi connectivity index (χ0) is 15.0. The second kappa shape index (κ2) is 5.06. The molecule has 0 radical (unpaired) electrons. The van der Waals surface area contributed by atoms with Crippen LogP contribution in [0.3, 0.4) is 0 Å². The summed E-state index contributed by atoms with van der Waals surface area (Å²) in [5.41, 5.74) is 1.14. The van der Waals surface area contributed by atoms with E-state index in [9.17, 15) is 9.59 Å². The molecule has 1 aliphatic heterocycles. The molecule has 0 bridgehead atoms. The molecule has 2 aliphatic rings. The van der Waals surface area contributed by atoms with E-state index in [-0.39, 0.29) is 17.9 Å². The van der Waals surface area contributed by atoms with Gasteiger partial charge >= 0.3 is 12.0 Å². The highest BCUT2D eigenvalue weighted by atomic mass is 16.5. The largest absolute Gasteiger partial charge is 0.467 e. The number of fused-ring (bicyclic) bond motifs is 2. The van der Waals surface area contributed by atoms with E-state index in [1.807, 2.05) is 31.2 Å². The fraction of sp³-hybridized carbons (Fsp3) is 0.500. The number of carbonyl (C=O) groups excluding carboxylic acids is 2. The molecule has 0 spiro atoms. The zero-order valence-electron chi connectivity index (χ0n) is 12.4. The molecule has 2 unspecified atom stereocenters. The van der Waals surface area contributed by atoms with Crippen LogP contribution in [0.15, 0.2) is 24.3 Å². The van der Waals surface area contributed by atoms with Gasteiger partial charge in [-0.15, -0.1) is 0 Å². The van der Waals surface area contributed by atoms with E-state index in [0.29, 0.717) is 13.0 Å². The molecule has 3 rings (SSSR count). The molecule has 1 aliphatic carbocycles. The van der Waals surface area contributed by atoms with Crippen molar-refractivity contribution in [2.24, 2.45) is 5.92 Å². The van der Waals surface area contributed by atoms with Crippen LogP contribution in [0, 0.1) is 5.92 Å². The first-order valence-corrected chi connectivity index (χ1v) is 7.39. The molecule has 1 saturated carbocycles. The van der Waals surface area contributed by atoms with Gasteiger partial charge in [-0.3, -0.25) is 4.90 Å². The Kier molecular flexibility index (Phi) is 3.35. The van der Waals surface area contributed by atoms with Crippen molar-refractivity contribution in [1.82, 2.24) is 5.32 Å². The molecule has 1 heterocycles. The first kappa shape index (κ1) is 13.9. The van der Waals surface area contributed by atoms with E-state index >= 15 is 0 Å². The predicted octanol–water partition coefficient (Wildman–Crippen LogP) is 2.10. The number of nitrogens with zero attached hydrogens (tertiary/aromatic N) is 1. The number of esters is 1. The molecule has 1 fully saturated rings. The van der Waals surface area contributed by atoms with Gasteiger partial charge in [0, 0.05) is 18.2 Å². The van der Waals surface area contributed by atoms with Crippen molar-refractivity contribution in [2.45, 2.75) is 31.7 Å². The lowest BCUT2D eigenvalue weighted by molar-refractivity contribution is -0.143. The number of anilines is 1. The number of urea groups is 1. The number of amides is 2. The fourth-order valence-electron chi connectivity index (χ4n) is 3.33. The van der Waals surface area contributed by atoms with Gasteiger partial charge in [0.15, 0.2) is 5.54 Å². The highest BCUT2D eigenvalue weighted by molar-refractivity contribution is 6.05. The molecule has 5 nitrogen and oxygen atoms in total. The Morgan fingerprint density at radius 1 is 1.43 bits per heavy atom. The SMILES string of the molecule is CCCNC(=O)N1c2ccccc2CC2CC21C(=O)OC. The summed E-state index contributed by atoms with van der Waals surface area (Å²) in [6.07, 6.45) is 2.35. The lowest BCUT2D eigenvalue weighted by atomic mass is 9.96. The number of rotatable bonds is 3. The van der Waals surface area contributed by atoms with Gasteiger partial charge in [0.05, 0.1) is 7.11 Å². The summed E-state index contributed by atoms with van der Waals surface area (Å²) in [5.74, 6) is -0.152.